The lowest BCUT2D eigenvalue weighted by molar-refractivity contribution is -0.160. The normalized spacial score (nSPS) is 13.9. The summed E-state index contributed by atoms with van der Waals surface area (Å²) in [5.74, 6) is -0.144. The molecule has 0 aliphatic heterocycles. The van der Waals surface area contributed by atoms with E-state index in [4.69, 9.17) is 10.5 Å². The second kappa shape index (κ2) is 6.86. The molecule has 0 saturated carbocycles. The van der Waals surface area contributed by atoms with E-state index in [1.54, 1.807) is 0 Å². The summed E-state index contributed by atoms with van der Waals surface area (Å²) in [6, 6.07) is -0.161. The number of unbranched alkanes of at least 4 members (excludes halogenated alkanes) is 1. The van der Waals surface area contributed by atoms with Crippen LogP contribution < -0.4 is 5.73 Å². The van der Waals surface area contributed by atoms with Crippen molar-refractivity contribution in [1.82, 2.24) is 4.90 Å². The predicted octanol–water partition coefficient (Wildman–Crippen LogP) is 1.39. The molecule has 4 heteroatoms. The molecule has 0 saturated heterocycles. The first kappa shape index (κ1) is 15.4. The van der Waals surface area contributed by atoms with E-state index >= 15 is 0 Å². The van der Waals surface area contributed by atoms with Gasteiger partial charge >= 0.3 is 5.97 Å². The molecule has 1 atom stereocenters. The predicted molar refractivity (Wildman–Crippen MR) is 66.2 cm³/mol. The van der Waals surface area contributed by atoms with Gasteiger partial charge in [0.1, 0.15) is 11.6 Å². The number of carbonyl (C=O) groups excluding carboxylic acids is 1. The maximum atomic E-state index is 11.9. The fraction of sp³-hybridized carbons (Fsp3) is 0.917. The molecule has 0 heterocycles. The molecule has 4 nitrogen and oxygen atoms in total. The number of nitrogens with zero attached hydrogens (tertiary/aromatic N) is 1. The average Bonchev–Trinajstić information content (AvgIpc) is 2.08. The Kier molecular flexibility index (Phi) is 6.60. The Labute approximate surface area is 99.1 Å². The molecule has 0 aromatic carbocycles. The van der Waals surface area contributed by atoms with Crippen LogP contribution in [0.3, 0.4) is 0 Å². The highest BCUT2D eigenvalue weighted by Gasteiger charge is 2.26. The van der Waals surface area contributed by atoms with Gasteiger partial charge in [-0.3, -0.25) is 9.69 Å². The van der Waals surface area contributed by atoms with E-state index in [2.05, 4.69) is 0 Å². The minimum absolute atomic E-state index is 0.144. The maximum Gasteiger partial charge on any atom is 0.323 e. The van der Waals surface area contributed by atoms with Crippen molar-refractivity contribution in [2.45, 2.75) is 51.7 Å². The first-order chi connectivity index (χ1) is 7.28. The molecule has 0 aromatic rings. The van der Waals surface area contributed by atoms with Crippen LogP contribution >= 0.6 is 0 Å². The van der Waals surface area contributed by atoms with Gasteiger partial charge in [0.05, 0.1) is 0 Å². The lowest BCUT2D eigenvalue weighted by Crippen LogP contribution is -2.40. The Balaban J connectivity index is 4.25. The Morgan fingerprint density at radius 3 is 2.25 bits per heavy atom. The average molecular weight is 230 g/mol. The highest BCUT2D eigenvalue weighted by molar-refractivity contribution is 5.76. The van der Waals surface area contributed by atoms with Crippen LogP contribution in [0.15, 0.2) is 0 Å². The summed E-state index contributed by atoms with van der Waals surface area (Å²) in [4.78, 5) is 13.8. The monoisotopic (exact) mass is 230 g/mol. The quantitative estimate of drug-likeness (QED) is 0.553. The van der Waals surface area contributed by atoms with Crippen molar-refractivity contribution in [2.75, 3.05) is 20.6 Å². The molecule has 0 amide bonds. The summed E-state index contributed by atoms with van der Waals surface area (Å²) in [5, 5.41) is 0. The first-order valence-electron chi connectivity index (χ1n) is 5.87. The molecule has 2 N–H and O–H groups in total. The Morgan fingerprint density at radius 2 is 1.88 bits per heavy atom. The second-order valence-corrected chi connectivity index (χ2v) is 5.30. The van der Waals surface area contributed by atoms with Gasteiger partial charge in [0.25, 0.3) is 0 Å². The number of carbonyl (C=O) groups is 1. The third kappa shape index (κ3) is 6.80. The van der Waals surface area contributed by atoms with Gasteiger partial charge in [0.15, 0.2) is 0 Å². The van der Waals surface area contributed by atoms with Crippen LogP contribution in [0.1, 0.15) is 40.0 Å². The van der Waals surface area contributed by atoms with Crippen LogP contribution in [-0.2, 0) is 9.53 Å². The third-order valence-corrected chi connectivity index (χ3v) is 2.23. The van der Waals surface area contributed by atoms with E-state index < -0.39 is 5.60 Å². The Morgan fingerprint density at radius 1 is 1.31 bits per heavy atom. The van der Waals surface area contributed by atoms with E-state index in [-0.39, 0.29) is 12.0 Å². The lowest BCUT2D eigenvalue weighted by Gasteiger charge is -2.27. The largest absolute Gasteiger partial charge is 0.459 e. The van der Waals surface area contributed by atoms with Crippen LogP contribution in [0.4, 0.5) is 0 Å². The molecule has 0 aromatic heterocycles. The molecule has 16 heavy (non-hydrogen) atoms. The zero-order valence-electron chi connectivity index (χ0n) is 11.2. The standard InChI is InChI=1S/C12H26N2O2/c1-12(2,3)16-11(15)10(14(4)5)8-6-7-9-13/h10H,6-9,13H2,1-5H3/t10-/m0/s1. The number of esters is 1. The topological polar surface area (TPSA) is 55.6 Å². The van der Waals surface area contributed by atoms with Gasteiger partial charge in [0, 0.05) is 0 Å². The molecule has 0 radical (unpaired) electrons. The lowest BCUT2D eigenvalue weighted by atomic mass is 10.1. The zero-order chi connectivity index (χ0) is 12.8. The van der Waals surface area contributed by atoms with Gasteiger partial charge in [-0.15, -0.1) is 0 Å². The van der Waals surface area contributed by atoms with Crippen LogP contribution in [0, 0.1) is 0 Å². The molecule has 0 fully saturated rings. The molecular weight excluding hydrogens is 204 g/mol. The van der Waals surface area contributed by atoms with Gasteiger partial charge in [-0.25, -0.2) is 0 Å². The van der Waals surface area contributed by atoms with Crippen molar-refractivity contribution < 1.29 is 9.53 Å². The Hall–Kier alpha value is -0.610. The summed E-state index contributed by atoms with van der Waals surface area (Å²) in [5.41, 5.74) is 5.02. The maximum absolute atomic E-state index is 11.9. The number of likely N-dealkylation sites (N-methyl/N-ethyl adjacent to an activating group) is 1. The summed E-state index contributed by atoms with van der Waals surface area (Å²) in [7, 11) is 3.80. The van der Waals surface area contributed by atoms with E-state index in [9.17, 15) is 4.79 Å². The fourth-order valence-electron chi connectivity index (χ4n) is 1.44. The molecule has 0 unspecified atom stereocenters. The van der Waals surface area contributed by atoms with E-state index in [0.29, 0.717) is 6.54 Å². The van der Waals surface area contributed by atoms with Crippen molar-refractivity contribution in [3.8, 4) is 0 Å². The van der Waals surface area contributed by atoms with Crippen molar-refractivity contribution in [3.63, 3.8) is 0 Å². The number of hydrogen-bond acceptors (Lipinski definition) is 4. The number of hydrogen-bond donors (Lipinski definition) is 1. The van der Waals surface area contributed by atoms with Crippen LogP contribution in [0.25, 0.3) is 0 Å². The highest BCUT2D eigenvalue weighted by Crippen LogP contribution is 2.13. The molecule has 0 bridgehead atoms. The van der Waals surface area contributed by atoms with Crippen molar-refractivity contribution in [1.29, 1.82) is 0 Å². The first-order valence-corrected chi connectivity index (χ1v) is 5.87. The molecule has 0 aliphatic carbocycles. The van der Waals surface area contributed by atoms with Crippen molar-refractivity contribution in [2.24, 2.45) is 5.73 Å². The number of nitrogens with two attached hydrogens (primary N) is 1. The van der Waals surface area contributed by atoms with Crippen LogP contribution in [0.5, 0.6) is 0 Å². The fourth-order valence-corrected chi connectivity index (χ4v) is 1.44. The number of ether oxygens (including phenoxy) is 1. The van der Waals surface area contributed by atoms with Gasteiger partial charge < -0.3 is 10.5 Å². The van der Waals surface area contributed by atoms with E-state index in [0.717, 1.165) is 19.3 Å². The summed E-state index contributed by atoms with van der Waals surface area (Å²) in [6.07, 6.45) is 2.71. The minimum Gasteiger partial charge on any atom is -0.459 e. The second-order valence-electron chi connectivity index (χ2n) is 5.30. The SMILES string of the molecule is CN(C)[C@@H](CCCCN)C(=O)OC(C)(C)C. The van der Waals surface area contributed by atoms with Gasteiger partial charge in [0.2, 0.25) is 0 Å². The molecule has 0 aliphatic rings. The van der Waals surface area contributed by atoms with E-state index in [1.165, 1.54) is 0 Å². The van der Waals surface area contributed by atoms with Crippen LogP contribution in [0.2, 0.25) is 0 Å². The summed E-state index contributed by atoms with van der Waals surface area (Å²) >= 11 is 0. The molecular formula is C12H26N2O2. The van der Waals surface area contributed by atoms with Crippen LogP contribution in [-0.4, -0.2) is 43.2 Å². The minimum atomic E-state index is -0.417. The van der Waals surface area contributed by atoms with Crippen molar-refractivity contribution >= 4 is 5.97 Å². The molecule has 0 rings (SSSR count). The Bertz CT molecular complexity index is 210. The smallest absolute Gasteiger partial charge is 0.323 e. The zero-order valence-corrected chi connectivity index (χ0v) is 11.2. The highest BCUT2D eigenvalue weighted by atomic mass is 16.6. The van der Waals surface area contributed by atoms with E-state index in [1.807, 2.05) is 39.8 Å². The summed E-state index contributed by atoms with van der Waals surface area (Å²) in [6.45, 7) is 6.33. The molecule has 96 valence electrons. The molecule has 0 spiro atoms. The third-order valence-electron chi connectivity index (χ3n) is 2.23. The summed E-state index contributed by atoms with van der Waals surface area (Å²) < 4.78 is 5.38. The van der Waals surface area contributed by atoms with Gasteiger partial charge in [-0.05, 0) is 54.3 Å². The van der Waals surface area contributed by atoms with Crippen molar-refractivity contribution in [3.05, 3.63) is 0 Å². The van der Waals surface area contributed by atoms with Gasteiger partial charge in [-0.2, -0.15) is 0 Å². The number of rotatable bonds is 6. The van der Waals surface area contributed by atoms with Gasteiger partial charge in [-0.1, -0.05) is 6.42 Å².